The van der Waals surface area contributed by atoms with E-state index < -0.39 is 43.6 Å². The fraction of sp³-hybridized carbons (Fsp3) is 0.429. The molecule has 1 fully saturated rings. The van der Waals surface area contributed by atoms with Crippen LogP contribution < -0.4 is 5.32 Å². The summed E-state index contributed by atoms with van der Waals surface area (Å²) in [6, 6.07) is 3.30. The first kappa shape index (κ1) is 19.9. The summed E-state index contributed by atoms with van der Waals surface area (Å²) in [5.41, 5.74) is -0.124. The van der Waals surface area contributed by atoms with Crippen molar-refractivity contribution >= 4 is 42.0 Å². The number of aliphatic carboxylic acids is 2. The zero-order valence-electron chi connectivity index (χ0n) is 13.5. The predicted octanol–water partition coefficient (Wildman–Crippen LogP) is -0.288. The molecule has 2 heterocycles. The van der Waals surface area contributed by atoms with E-state index >= 15 is 0 Å². The molecule has 2 atom stereocenters. The van der Waals surface area contributed by atoms with Crippen LogP contribution in [-0.4, -0.2) is 64.6 Å². The SMILES string of the molecule is O=C(O)CON=C(C(=O)N[C@H]1CC[C@@H](CC(=O)O)OB1O)c1cccs1. The molecule has 12 heteroatoms. The third-order valence-electron chi connectivity index (χ3n) is 3.51. The number of carboxylic acids is 2. The molecule has 0 radical (unpaired) electrons. The minimum Gasteiger partial charge on any atom is -0.481 e. The molecule has 1 aromatic heterocycles. The van der Waals surface area contributed by atoms with Gasteiger partial charge in [0.1, 0.15) is 0 Å². The summed E-state index contributed by atoms with van der Waals surface area (Å²) in [6.07, 6.45) is -0.184. The lowest BCUT2D eigenvalue weighted by Gasteiger charge is -2.30. The average molecular weight is 384 g/mol. The molecule has 4 N–H and O–H groups in total. The van der Waals surface area contributed by atoms with E-state index in [1.54, 1.807) is 17.5 Å². The highest BCUT2D eigenvalue weighted by Gasteiger charge is 2.37. The minimum atomic E-state index is -1.36. The van der Waals surface area contributed by atoms with Crippen molar-refractivity contribution in [2.24, 2.45) is 5.16 Å². The molecule has 0 spiro atoms. The van der Waals surface area contributed by atoms with Gasteiger partial charge in [0.05, 0.1) is 23.3 Å². The Bertz CT molecular complexity index is 680. The second-order valence-electron chi connectivity index (χ2n) is 5.49. The van der Waals surface area contributed by atoms with E-state index in [-0.39, 0.29) is 12.1 Å². The third kappa shape index (κ3) is 5.83. The van der Waals surface area contributed by atoms with E-state index in [4.69, 9.17) is 14.9 Å². The normalized spacial score (nSPS) is 20.5. The van der Waals surface area contributed by atoms with Gasteiger partial charge in [-0.15, -0.1) is 11.3 Å². The molecule has 1 saturated heterocycles. The maximum atomic E-state index is 12.5. The number of hydrogen-bond donors (Lipinski definition) is 4. The second-order valence-corrected chi connectivity index (χ2v) is 6.44. The molecule has 10 nitrogen and oxygen atoms in total. The van der Waals surface area contributed by atoms with E-state index in [1.807, 2.05) is 0 Å². The van der Waals surface area contributed by atoms with E-state index in [1.165, 1.54) is 11.3 Å². The highest BCUT2D eigenvalue weighted by molar-refractivity contribution is 7.13. The average Bonchev–Trinajstić information content (AvgIpc) is 3.07. The highest BCUT2D eigenvalue weighted by atomic mass is 32.1. The third-order valence-corrected chi connectivity index (χ3v) is 4.38. The molecular formula is C14H17BN2O8S. The number of carbonyl (C=O) groups is 3. The lowest BCUT2D eigenvalue weighted by molar-refractivity contribution is -0.142. The van der Waals surface area contributed by atoms with Crippen LogP contribution in [0.25, 0.3) is 0 Å². The lowest BCUT2D eigenvalue weighted by atomic mass is 9.72. The smallest absolute Gasteiger partial charge is 0.478 e. The van der Waals surface area contributed by atoms with Gasteiger partial charge in [-0.05, 0) is 24.3 Å². The van der Waals surface area contributed by atoms with Crippen molar-refractivity contribution in [3.63, 3.8) is 0 Å². The second kappa shape index (κ2) is 9.31. The van der Waals surface area contributed by atoms with Gasteiger partial charge in [-0.3, -0.25) is 9.59 Å². The Labute approximate surface area is 152 Å². The molecule has 1 aromatic rings. The van der Waals surface area contributed by atoms with Gasteiger partial charge in [0, 0.05) is 0 Å². The van der Waals surface area contributed by atoms with Gasteiger partial charge in [0.2, 0.25) is 6.61 Å². The first-order valence-corrected chi connectivity index (χ1v) is 8.56. The number of oxime groups is 1. The Morgan fingerprint density at radius 3 is 2.69 bits per heavy atom. The maximum absolute atomic E-state index is 12.5. The predicted molar refractivity (Wildman–Crippen MR) is 90.7 cm³/mol. The first-order valence-electron chi connectivity index (χ1n) is 7.68. The van der Waals surface area contributed by atoms with E-state index in [0.29, 0.717) is 17.7 Å². The number of hydrogen-bond acceptors (Lipinski definition) is 8. The fourth-order valence-corrected chi connectivity index (χ4v) is 3.06. The summed E-state index contributed by atoms with van der Waals surface area (Å²) in [5.74, 6) is -3.69. The fourth-order valence-electron chi connectivity index (χ4n) is 2.36. The van der Waals surface area contributed by atoms with Crippen molar-refractivity contribution in [3.05, 3.63) is 22.4 Å². The van der Waals surface area contributed by atoms with Crippen LogP contribution in [0.15, 0.2) is 22.7 Å². The van der Waals surface area contributed by atoms with Crippen molar-refractivity contribution in [3.8, 4) is 0 Å². The van der Waals surface area contributed by atoms with Crippen LogP contribution in [0.4, 0.5) is 0 Å². The quantitative estimate of drug-likeness (QED) is 0.271. The van der Waals surface area contributed by atoms with Crippen LogP contribution >= 0.6 is 11.3 Å². The van der Waals surface area contributed by atoms with Crippen molar-refractivity contribution in [2.75, 3.05) is 6.61 Å². The van der Waals surface area contributed by atoms with Gasteiger partial charge in [-0.25, -0.2) is 4.79 Å². The Hall–Kier alpha value is -2.44. The number of amides is 1. The molecule has 1 aliphatic heterocycles. The summed E-state index contributed by atoms with van der Waals surface area (Å²) >= 11 is 1.21. The van der Waals surface area contributed by atoms with E-state index in [0.717, 1.165) is 0 Å². The van der Waals surface area contributed by atoms with Gasteiger partial charge in [-0.2, -0.15) is 0 Å². The van der Waals surface area contributed by atoms with Gasteiger partial charge in [-0.1, -0.05) is 11.2 Å². The van der Waals surface area contributed by atoms with Gasteiger partial charge in [0.15, 0.2) is 5.71 Å². The Morgan fingerprint density at radius 1 is 1.35 bits per heavy atom. The van der Waals surface area contributed by atoms with Crippen molar-refractivity contribution in [1.29, 1.82) is 0 Å². The molecule has 0 bridgehead atoms. The summed E-state index contributed by atoms with van der Waals surface area (Å²) in [5, 5.41) is 35.2. The summed E-state index contributed by atoms with van der Waals surface area (Å²) < 4.78 is 5.21. The first-order chi connectivity index (χ1) is 12.4. The van der Waals surface area contributed by atoms with Gasteiger partial charge in [0.25, 0.3) is 5.91 Å². The minimum absolute atomic E-state index is 0.124. The summed E-state index contributed by atoms with van der Waals surface area (Å²) in [6.45, 7) is -0.700. The zero-order valence-corrected chi connectivity index (χ0v) is 14.3. The topological polar surface area (TPSA) is 155 Å². The maximum Gasteiger partial charge on any atom is 0.478 e. The van der Waals surface area contributed by atoms with Crippen LogP contribution in [0.3, 0.4) is 0 Å². The lowest BCUT2D eigenvalue weighted by Crippen LogP contribution is -2.54. The number of nitrogens with one attached hydrogen (secondary N) is 1. The van der Waals surface area contributed by atoms with Gasteiger partial charge < -0.3 is 30.0 Å². The van der Waals surface area contributed by atoms with Crippen molar-refractivity contribution in [2.45, 2.75) is 31.3 Å². The van der Waals surface area contributed by atoms with E-state index in [2.05, 4.69) is 15.3 Å². The summed E-state index contributed by atoms with van der Waals surface area (Å²) in [7, 11) is -1.36. The molecule has 1 amide bonds. The Morgan fingerprint density at radius 2 is 2.12 bits per heavy atom. The molecule has 0 unspecified atom stereocenters. The highest BCUT2D eigenvalue weighted by Crippen LogP contribution is 2.19. The number of carbonyl (C=O) groups excluding carboxylic acids is 1. The standard InChI is InChI=1S/C14H17BN2O8S/c18-11(19)6-8-3-4-10(15(23)25-8)16-14(22)13(9-2-1-5-26-9)17-24-7-12(20)21/h1-2,5,8,10,23H,3-4,6-7H2,(H,16,22)(H,18,19)(H,20,21)/t8-,10-/m0/s1. The van der Waals surface area contributed by atoms with Crippen LogP contribution in [-0.2, 0) is 23.9 Å². The van der Waals surface area contributed by atoms with Crippen LogP contribution in [0.1, 0.15) is 24.1 Å². The molecule has 0 aliphatic carbocycles. The monoisotopic (exact) mass is 384 g/mol. The molecule has 140 valence electrons. The molecule has 1 aliphatic rings. The van der Waals surface area contributed by atoms with Crippen LogP contribution in [0, 0.1) is 0 Å². The molecule has 26 heavy (non-hydrogen) atoms. The number of carboxylic acid groups (broad SMARTS) is 2. The molecule has 0 saturated carbocycles. The molecule has 0 aromatic carbocycles. The van der Waals surface area contributed by atoms with E-state index in [9.17, 15) is 19.4 Å². The van der Waals surface area contributed by atoms with Crippen molar-refractivity contribution in [1.82, 2.24) is 5.32 Å². The van der Waals surface area contributed by atoms with Crippen LogP contribution in [0.2, 0.25) is 0 Å². The molecule has 2 rings (SSSR count). The van der Waals surface area contributed by atoms with Crippen molar-refractivity contribution < 1.29 is 39.1 Å². The Balaban J connectivity index is 2.00. The van der Waals surface area contributed by atoms with Gasteiger partial charge >= 0.3 is 19.1 Å². The summed E-state index contributed by atoms with van der Waals surface area (Å²) in [4.78, 5) is 38.8. The number of rotatable bonds is 8. The molecular weight excluding hydrogens is 367 g/mol. The Kier molecular flexibility index (Phi) is 7.12. The number of thiophene rings is 1. The zero-order chi connectivity index (χ0) is 19.1. The largest absolute Gasteiger partial charge is 0.481 e. The van der Waals surface area contributed by atoms with Crippen LogP contribution in [0.5, 0.6) is 0 Å². The number of nitrogens with zero attached hydrogens (tertiary/aromatic N) is 1.